The predicted molar refractivity (Wildman–Crippen MR) is 102 cm³/mol. The molecule has 2 aliphatic rings. The summed E-state index contributed by atoms with van der Waals surface area (Å²) >= 11 is 0. The smallest absolute Gasteiger partial charge is 0.236 e. The van der Waals surface area contributed by atoms with Crippen LogP contribution >= 0.6 is 0 Å². The first-order valence-corrected chi connectivity index (χ1v) is 9.09. The molecule has 0 atom stereocenters. The van der Waals surface area contributed by atoms with Gasteiger partial charge in [0.25, 0.3) is 0 Å². The minimum absolute atomic E-state index is 0.121. The zero-order chi connectivity index (χ0) is 19.1. The van der Waals surface area contributed by atoms with E-state index in [1.807, 2.05) is 18.2 Å². The number of nitrogens with one attached hydrogen (secondary N) is 1. The third kappa shape index (κ3) is 2.78. The number of carbonyl (C=O) groups is 1. The Morgan fingerprint density at radius 3 is 2.64 bits per heavy atom. The van der Waals surface area contributed by atoms with Gasteiger partial charge in [0.1, 0.15) is 11.6 Å². The number of hydrogen-bond acceptors (Lipinski definition) is 4. The van der Waals surface area contributed by atoms with Crippen molar-refractivity contribution in [1.82, 2.24) is 4.98 Å². The Balaban J connectivity index is 1.40. The van der Waals surface area contributed by atoms with E-state index in [1.165, 1.54) is 6.07 Å². The fourth-order valence-electron chi connectivity index (χ4n) is 3.53. The molecule has 2 heterocycles. The van der Waals surface area contributed by atoms with Gasteiger partial charge in [-0.05, 0) is 54.8 Å². The molecule has 5 nitrogen and oxygen atoms in total. The van der Waals surface area contributed by atoms with Crippen LogP contribution in [0.5, 0.6) is 11.5 Å². The molecule has 2 aromatic carbocycles. The van der Waals surface area contributed by atoms with E-state index in [0.717, 1.165) is 18.4 Å². The van der Waals surface area contributed by atoms with Crippen LogP contribution in [0.3, 0.4) is 0 Å². The van der Waals surface area contributed by atoms with Gasteiger partial charge in [0.05, 0.1) is 11.1 Å². The molecule has 1 N–H and O–H groups in total. The Morgan fingerprint density at radius 2 is 1.82 bits per heavy atom. The third-order valence-corrected chi connectivity index (χ3v) is 5.25. The van der Waals surface area contributed by atoms with Crippen LogP contribution in [-0.4, -0.2) is 17.7 Å². The first kappa shape index (κ1) is 16.7. The number of rotatable bonds is 4. The number of nitrogens with zero attached hydrogens (tertiary/aromatic N) is 1. The van der Waals surface area contributed by atoms with Gasteiger partial charge in [0, 0.05) is 5.56 Å². The van der Waals surface area contributed by atoms with Gasteiger partial charge in [-0.1, -0.05) is 24.3 Å². The molecule has 0 saturated heterocycles. The van der Waals surface area contributed by atoms with Crippen LogP contribution in [0.4, 0.5) is 10.2 Å². The molecule has 0 spiro atoms. The SMILES string of the molecule is O=C(Nc1cccc(-c2ccccc2F)n1)C1(c2ccc3c(c2)OCO3)CC1. The molecular weight excluding hydrogens is 359 g/mol. The Labute approximate surface area is 161 Å². The molecule has 1 aliphatic carbocycles. The second-order valence-corrected chi connectivity index (χ2v) is 6.99. The molecule has 1 aromatic heterocycles. The molecule has 140 valence electrons. The summed E-state index contributed by atoms with van der Waals surface area (Å²) in [5.74, 6) is 1.29. The summed E-state index contributed by atoms with van der Waals surface area (Å²) in [6, 6.07) is 17.2. The maximum absolute atomic E-state index is 14.0. The fourth-order valence-corrected chi connectivity index (χ4v) is 3.53. The average Bonchev–Trinajstić information content (AvgIpc) is 3.40. The number of pyridine rings is 1. The lowest BCUT2D eigenvalue weighted by Gasteiger charge is -2.16. The van der Waals surface area contributed by atoms with E-state index in [1.54, 1.807) is 36.4 Å². The number of aromatic nitrogens is 1. The van der Waals surface area contributed by atoms with Gasteiger partial charge in [0.15, 0.2) is 11.5 Å². The number of carbonyl (C=O) groups excluding carboxylic acids is 1. The summed E-state index contributed by atoms with van der Waals surface area (Å²) in [5, 5.41) is 2.90. The molecule has 0 radical (unpaired) electrons. The summed E-state index contributed by atoms with van der Waals surface area (Å²) in [6.45, 7) is 0.199. The van der Waals surface area contributed by atoms with Crippen molar-refractivity contribution in [2.75, 3.05) is 12.1 Å². The molecule has 5 rings (SSSR count). The van der Waals surface area contributed by atoms with Gasteiger partial charge in [-0.15, -0.1) is 0 Å². The second kappa shape index (κ2) is 6.34. The molecule has 1 aliphatic heterocycles. The van der Waals surface area contributed by atoms with E-state index in [9.17, 15) is 9.18 Å². The lowest BCUT2D eigenvalue weighted by molar-refractivity contribution is -0.118. The van der Waals surface area contributed by atoms with Crippen molar-refractivity contribution in [1.29, 1.82) is 0 Å². The molecule has 1 saturated carbocycles. The predicted octanol–water partition coefficient (Wildman–Crippen LogP) is 4.29. The van der Waals surface area contributed by atoms with Gasteiger partial charge in [0.2, 0.25) is 12.7 Å². The van der Waals surface area contributed by atoms with E-state index in [4.69, 9.17) is 9.47 Å². The molecular formula is C22H17FN2O3. The highest BCUT2D eigenvalue weighted by atomic mass is 19.1. The van der Waals surface area contributed by atoms with Crippen molar-refractivity contribution in [3.8, 4) is 22.8 Å². The summed E-state index contributed by atoms with van der Waals surface area (Å²) in [4.78, 5) is 17.4. The third-order valence-electron chi connectivity index (χ3n) is 5.25. The maximum atomic E-state index is 14.0. The van der Waals surface area contributed by atoms with E-state index < -0.39 is 5.41 Å². The van der Waals surface area contributed by atoms with Crippen molar-refractivity contribution in [3.05, 3.63) is 72.0 Å². The normalized spacial score (nSPS) is 15.9. The maximum Gasteiger partial charge on any atom is 0.236 e. The van der Waals surface area contributed by atoms with Crippen molar-refractivity contribution >= 4 is 11.7 Å². The van der Waals surface area contributed by atoms with Crippen molar-refractivity contribution in [3.63, 3.8) is 0 Å². The van der Waals surface area contributed by atoms with E-state index >= 15 is 0 Å². The molecule has 0 unspecified atom stereocenters. The van der Waals surface area contributed by atoms with Crippen LogP contribution in [0, 0.1) is 5.82 Å². The van der Waals surface area contributed by atoms with Crippen LogP contribution in [0.2, 0.25) is 0 Å². The number of benzene rings is 2. The van der Waals surface area contributed by atoms with Gasteiger partial charge < -0.3 is 14.8 Å². The van der Waals surface area contributed by atoms with E-state index in [0.29, 0.717) is 28.6 Å². The summed E-state index contributed by atoms with van der Waals surface area (Å²) in [7, 11) is 0. The highest BCUT2D eigenvalue weighted by molar-refractivity contribution is 6.01. The Hall–Kier alpha value is -3.41. The molecule has 1 amide bonds. The van der Waals surface area contributed by atoms with Crippen LogP contribution < -0.4 is 14.8 Å². The van der Waals surface area contributed by atoms with Crippen LogP contribution in [-0.2, 0) is 10.2 Å². The molecule has 28 heavy (non-hydrogen) atoms. The van der Waals surface area contributed by atoms with Gasteiger partial charge >= 0.3 is 0 Å². The number of ether oxygens (including phenoxy) is 2. The van der Waals surface area contributed by atoms with Gasteiger partial charge in [-0.2, -0.15) is 0 Å². The fraction of sp³-hybridized carbons (Fsp3) is 0.182. The highest BCUT2D eigenvalue weighted by Gasteiger charge is 2.51. The first-order valence-electron chi connectivity index (χ1n) is 9.09. The van der Waals surface area contributed by atoms with Gasteiger partial charge in [-0.3, -0.25) is 4.79 Å². The minimum atomic E-state index is -0.587. The van der Waals surface area contributed by atoms with Crippen molar-refractivity contribution in [2.24, 2.45) is 0 Å². The van der Waals surface area contributed by atoms with Crippen molar-refractivity contribution < 1.29 is 18.7 Å². The highest BCUT2D eigenvalue weighted by Crippen LogP contribution is 2.51. The zero-order valence-electron chi connectivity index (χ0n) is 14.9. The second-order valence-electron chi connectivity index (χ2n) is 6.99. The number of fused-ring (bicyclic) bond motifs is 1. The number of hydrogen-bond donors (Lipinski definition) is 1. The summed E-state index contributed by atoms with van der Waals surface area (Å²) in [5.41, 5.74) is 1.19. The monoisotopic (exact) mass is 376 g/mol. The van der Waals surface area contributed by atoms with Crippen LogP contribution in [0.15, 0.2) is 60.7 Å². The van der Waals surface area contributed by atoms with E-state index in [-0.39, 0.29) is 18.5 Å². The first-order chi connectivity index (χ1) is 13.7. The largest absolute Gasteiger partial charge is 0.454 e. The lowest BCUT2D eigenvalue weighted by Crippen LogP contribution is -2.28. The topological polar surface area (TPSA) is 60.5 Å². The standard InChI is InChI=1S/C22H17FN2O3/c23-16-5-2-1-4-15(16)17-6-3-7-20(24-17)25-21(26)22(10-11-22)14-8-9-18-19(12-14)28-13-27-18/h1-9,12H,10-11,13H2,(H,24,25,26). The average molecular weight is 376 g/mol. The number of anilines is 1. The molecule has 3 aromatic rings. The van der Waals surface area contributed by atoms with Crippen molar-refractivity contribution in [2.45, 2.75) is 18.3 Å². The van der Waals surface area contributed by atoms with Crippen LogP contribution in [0.1, 0.15) is 18.4 Å². The summed E-state index contributed by atoms with van der Waals surface area (Å²) in [6.07, 6.45) is 1.51. The zero-order valence-corrected chi connectivity index (χ0v) is 14.9. The Morgan fingerprint density at radius 1 is 1.00 bits per heavy atom. The lowest BCUT2D eigenvalue weighted by atomic mass is 9.94. The quantitative estimate of drug-likeness (QED) is 0.738. The minimum Gasteiger partial charge on any atom is -0.454 e. The molecule has 1 fully saturated rings. The number of halogens is 1. The van der Waals surface area contributed by atoms with Crippen LogP contribution in [0.25, 0.3) is 11.3 Å². The molecule has 6 heteroatoms. The Kier molecular flexibility index (Phi) is 3.79. The summed E-state index contributed by atoms with van der Waals surface area (Å²) < 4.78 is 24.8. The molecule has 0 bridgehead atoms. The van der Waals surface area contributed by atoms with Gasteiger partial charge in [-0.25, -0.2) is 9.37 Å². The number of amides is 1. The Bertz CT molecular complexity index is 1080. The van der Waals surface area contributed by atoms with E-state index in [2.05, 4.69) is 10.3 Å².